The number of carbonyl (C=O) groups excluding carboxylic acids is 16. The molecule has 0 radical (unpaired) electrons. The van der Waals surface area contributed by atoms with Crippen LogP contribution in [0.2, 0.25) is 0 Å². The summed E-state index contributed by atoms with van der Waals surface area (Å²) in [6.45, 7) is 8.07. The van der Waals surface area contributed by atoms with Gasteiger partial charge in [-0.1, -0.05) is 11.8 Å². The molecular weight excluding hydrogens is 1590 g/mol. The molecule has 0 bridgehead atoms. The number of likely N-dealkylation sites (tertiary alicyclic amines) is 2. The monoisotopic (exact) mass is 1720 g/mol. The summed E-state index contributed by atoms with van der Waals surface area (Å²) in [6, 6.07) is -6.13. The summed E-state index contributed by atoms with van der Waals surface area (Å²) in [4.78, 5) is 230. The fourth-order valence-electron chi connectivity index (χ4n) is 11.9. The van der Waals surface area contributed by atoms with Crippen molar-refractivity contribution in [2.24, 2.45) is 11.5 Å². The summed E-state index contributed by atoms with van der Waals surface area (Å²) in [5.74, 6) is -11.4. The number of hydrogen-bond donors (Lipinski definition) is 16. The van der Waals surface area contributed by atoms with Crippen LogP contribution < -0.4 is 70.0 Å². The number of nitrogens with one attached hydrogen (secondary N) is 12. The van der Waals surface area contributed by atoms with E-state index in [9.17, 15) is 91.7 Å². The van der Waals surface area contributed by atoms with Crippen molar-refractivity contribution < 1.29 is 120 Å². The summed E-state index contributed by atoms with van der Waals surface area (Å²) in [5, 5.41) is 55.7. The predicted molar refractivity (Wildman–Crippen MR) is 430 cm³/mol. The van der Waals surface area contributed by atoms with Crippen LogP contribution in [-0.2, 0) is 110 Å². The van der Waals surface area contributed by atoms with Gasteiger partial charge in [0.1, 0.15) is 36.8 Å². The van der Waals surface area contributed by atoms with Crippen molar-refractivity contribution >= 4 is 117 Å². The SMILES string of the molecule is CCOCCNC(=O)CCN(CCC(=O)NCCOCC)C(=O)CNC(=O)CCN(CCC(=O)NCC(=O)N(CCC(=O)NCCOCCOCC)CCC(=O)NCCOCCOCC(=O)N[C@H](C(=O)N[C@@H](CCCCN)C(=O)N1CCC[C@H]1C(=O)N1CCC[C@@H]1C(=O)N[C@@H](CCCNC(=N)N)C(=O)O)[C@H](C)O)C(=O)CNC(=O)CSC(C)=O. The lowest BCUT2D eigenvalue weighted by Gasteiger charge is -2.33. The third-order valence-electron chi connectivity index (χ3n) is 18.2. The quantitative estimate of drug-likeness (QED) is 0.0153. The van der Waals surface area contributed by atoms with Crippen molar-refractivity contribution in [2.45, 2.75) is 167 Å². The molecule has 2 aliphatic heterocycles. The number of carboxylic acid groups (broad SMARTS) is 1. The number of amides is 15. The zero-order valence-corrected chi connectivity index (χ0v) is 70.2. The highest BCUT2D eigenvalue weighted by atomic mass is 32.2. The van der Waals surface area contributed by atoms with Crippen molar-refractivity contribution in [3.63, 3.8) is 0 Å². The Kier molecular flexibility index (Phi) is 56.3. The molecule has 676 valence electrons. The van der Waals surface area contributed by atoms with Gasteiger partial charge >= 0.3 is 5.97 Å². The van der Waals surface area contributed by atoms with Gasteiger partial charge in [-0.2, -0.15) is 0 Å². The fourth-order valence-corrected chi connectivity index (χ4v) is 12.3. The van der Waals surface area contributed by atoms with E-state index in [0.29, 0.717) is 70.5 Å². The number of unbranched alkanes of at least 4 members (excludes halogenated alkanes) is 1. The van der Waals surface area contributed by atoms with Gasteiger partial charge in [-0.05, 0) is 92.0 Å². The van der Waals surface area contributed by atoms with Crippen molar-refractivity contribution in [1.29, 1.82) is 5.41 Å². The number of aliphatic carboxylic acids is 1. The Labute approximate surface area is 698 Å². The second-order valence-corrected chi connectivity index (χ2v) is 28.6. The molecule has 0 unspecified atom stereocenters. The lowest BCUT2D eigenvalue weighted by atomic mass is 10.0. The highest BCUT2D eigenvalue weighted by molar-refractivity contribution is 8.14. The van der Waals surface area contributed by atoms with E-state index in [1.54, 1.807) is 13.8 Å². The molecular formula is C74H129N19O25S. The van der Waals surface area contributed by atoms with Crippen molar-refractivity contribution in [2.75, 3.05) is 196 Å². The smallest absolute Gasteiger partial charge is 0.326 e. The standard InChI is InChI=1S/C74H129N19O25S/c1-6-113-38-26-78-57(96)18-32-89(33-19-58(97)79-27-39-114-7-2)65(104)46-83-61(100)22-36-91(67(106)48-85-64(103)50-119-52(5)95)37-23-62(101)84-47-66(105)90(34-20-59(98)80-28-40-116-43-42-115-8-3)35-21-60(99)81-29-41-117-44-45-118-49-63(102)88-68(51(4)94)70(108)86-53(14-9-10-24-75)71(109)93-31-13-17-56(93)72(110)92-30-12-16-55(92)69(107)87-54(73(111)112)15-11-25-82-74(76)77/h51,53-56,68,94H,6-50,75H2,1-5H3,(H,78,96)(H,79,97)(H,80,98)(H,81,99)(H,83,100)(H,84,101)(H,85,103)(H,86,108)(H,87,107)(H,88,102)(H,111,112)(H4,76,77,82)/t51-,53-,54-,55+,56-,68-/m0/s1. The first-order valence-corrected chi connectivity index (χ1v) is 41.4. The van der Waals surface area contributed by atoms with E-state index in [-0.39, 0.29) is 218 Å². The predicted octanol–water partition coefficient (Wildman–Crippen LogP) is -6.64. The topological polar surface area (TPSA) is 610 Å². The van der Waals surface area contributed by atoms with Crippen LogP contribution in [0.4, 0.5) is 0 Å². The Bertz CT molecular complexity index is 3190. The number of nitrogens with two attached hydrogens (primary N) is 2. The van der Waals surface area contributed by atoms with Gasteiger partial charge in [0.25, 0.3) is 0 Å². The van der Waals surface area contributed by atoms with E-state index in [4.69, 9.17) is 45.3 Å². The van der Waals surface area contributed by atoms with Gasteiger partial charge in [-0.15, -0.1) is 0 Å². The molecule has 15 amide bonds. The molecule has 2 saturated heterocycles. The van der Waals surface area contributed by atoms with Gasteiger partial charge in [0.15, 0.2) is 11.1 Å². The molecule has 0 saturated carbocycles. The number of hydrogen-bond acceptors (Lipinski definition) is 27. The van der Waals surface area contributed by atoms with E-state index < -0.39 is 158 Å². The van der Waals surface area contributed by atoms with Crippen LogP contribution >= 0.6 is 11.8 Å². The van der Waals surface area contributed by atoms with Gasteiger partial charge in [0.2, 0.25) is 88.6 Å². The van der Waals surface area contributed by atoms with E-state index >= 15 is 0 Å². The van der Waals surface area contributed by atoms with Crippen molar-refractivity contribution in [1.82, 2.24) is 83.0 Å². The molecule has 2 heterocycles. The Morgan fingerprint density at radius 3 is 1.31 bits per heavy atom. The number of rotatable bonds is 66. The number of nitrogens with zero attached hydrogens (tertiary/aromatic N) is 5. The fraction of sp³-hybridized carbons (Fsp3) is 0.757. The maximum absolute atomic E-state index is 14.4. The van der Waals surface area contributed by atoms with Gasteiger partial charge in [0.05, 0.1) is 84.3 Å². The second-order valence-electron chi connectivity index (χ2n) is 27.4. The number of aliphatic hydroxyl groups excluding tert-OH is 1. The summed E-state index contributed by atoms with van der Waals surface area (Å²) in [5.41, 5.74) is 11.1. The van der Waals surface area contributed by atoms with Crippen molar-refractivity contribution in [3.05, 3.63) is 0 Å². The first-order valence-electron chi connectivity index (χ1n) is 40.5. The zero-order chi connectivity index (χ0) is 88.3. The van der Waals surface area contributed by atoms with Gasteiger partial charge in [-0.25, -0.2) is 4.79 Å². The van der Waals surface area contributed by atoms with Crippen LogP contribution in [0.15, 0.2) is 0 Å². The van der Waals surface area contributed by atoms with Crippen LogP contribution in [0.3, 0.4) is 0 Å². The third-order valence-corrected chi connectivity index (χ3v) is 19.0. The highest BCUT2D eigenvalue weighted by Crippen LogP contribution is 2.27. The molecule has 0 aromatic heterocycles. The highest BCUT2D eigenvalue weighted by Gasteiger charge is 2.45. The summed E-state index contributed by atoms with van der Waals surface area (Å²) >= 11 is 0.704. The molecule has 2 rings (SSSR count). The number of guanidine groups is 1. The van der Waals surface area contributed by atoms with E-state index in [2.05, 4.69) is 58.5 Å². The Balaban J connectivity index is 2.06. The first-order chi connectivity index (χ1) is 57.0. The molecule has 45 heteroatoms. The Hall–Kier alpha value is -9.51. The largest absolute Gasteiger partial charge is 0.480 e. The molecule has 119 heavy (non-hydrogen) atoms. The molecule has 18 N–H and O–H groups in total. The second kappa shape index (κ2) is 63.5. The maximum Gasteiger partial charge on any atom is 0.326 e. The molecule has 0 spiro atoms. The summed E-state index contributed by atoms with van der Waals surface area (Å²) in [6.07, 6.45) is -0.558. The Morgan fingerprint density at radius 2 is 0.882 bits per heavy atom. The van der Waals surface area contributed by atoms with Crippen LogP contribution in [0.5, 0.6) is 0 Å². The van der Waals surface area contributed by atoms with E-state index in [1.165, 1.54) is 33.4 Å². The van der Waals surface area contributed by atoms with Gasteiger partial charge in [-0.3, -0.25) is 82.1 Å². The average Bonchev–Trinajstić information content (AvgIpc) is 1.66. The molecule has 0 aromatic rings. The summed E-state index contributed by atoms with van der Waals surface area (Å²) in [7, 11) is 0. The third kappa shape index (κ3) is 47.8. The van der Waals surface area contributed by atoms with Crippen molar-refractivity contribution in [3.8, 4) is 0 Å². The van der Waals surface area contributed by atoms with Crippen LogP contribution in [-0.4, -0.2) is 373 Å². The lowest BCUT2D eigenvalue weighted by Crippen LogP contribution is -2.59. The number of carboxylic acids is 1. The maximum atomic E-state index is 14.4. The number of ether oxygens (including phenoxy) is 6. The molecule has 0 aromatic carbocycles. The minimum atomic E-state index is -1.58. The molecule has 44 nitrogen and oxygen atoms in total. The van der Waals surface area contributed by atoms with Crippen LogP contribution in [0.1, 0.15) is 131 Å². The molecule has 6 atom stereocenters. The average molecular weight is 1720 g/mol. The first kappa shape index (κ1) is 106. The number of aliphatic hydroxyl groups is 1. The number of carbonyl (C=O) groups is 17. The van der Waals surface area contributed by atoms with E-state index in [1.807, 2.05) is 6.92 Å². The van der Waals surface area contributed by atoms with Gasteiger partial charge in [0, 0.05) is 150 Å². The zero-order valence-electron chi connectivity index (χ0n) is 69.4. The molecule has 2 fully saturated rings. The minimum absolute atomic E-state index is 0.0146. The molecule has 0 aliphatic carbocycles. The van der Waals surface area contributed by atoms with E-state index in [0.717, 1.165) is 4.90 Å². The lowest BCUT2D eigenvalue weighted by molar-refractivity contribution is -0.149. The van der Waals surface area contributed by atoms with Gasteiger partial charge < -0.3 is 133 Å². The summed E-state index contributed by atoms with van der Waals surface area (Å²) < 4.78 is 32.2. The van der Waals surface area contributed by atoms with Crippen LogP contribution in [0.25, 0.3) is 0 Å². The Morgan fingerprint density at radius 1 is 0.479 bits per heavy atom. The molecule has 2 aliphatic rings. The number of thioether (sulfide) groups is 1. The minimum Gasteiger partial charge on any atom is -0.480 e. The van der Waals surface area contributed by atoms with Crippen LogP contribution in [0, 0.1) is 5.41 Å². The normalized spacial score (nSPS) is 14.5.